The number of aliphatic carboxylic acids is 1. The van der Waals surface area contributed by atoms with Crippen LogP contribution in [0.25, 0.3) is 11.1 Å². The Kier molecular flexibility index (Phi) is 7.01. The summed E-state index contributed by atoms with van der Waals surface area (Å²) >= 11 is 0. The summed E-state index contributed by atoms with van der Waals surface area (Å²) in [7, 11) is 0. The minimum atomic E-state index is -1.21. The first-order valence-corrected chi connectivity index (χ1v) is 11.3. The third kappa shape index (κ3) is 5.43. The number of rotatable bonds is 8. The van der Waals surface area contributed by atoms with E-state index in [4.69, 9.17) is 4.74 Å². The quantitative estimate of drug-likeness (QED) is 0.396. The van der Waals surface area contributed by atoms with Crippen LogP contribution >= 0.6 is 0 Å². The molecule has 0 fully saturated rings. The highest BCUT2D eigenvalue weighted by molar-refractivity contribution is 5.89. The van der Waals surface area contributed by atoms with Gasteiger partial charge in [0.2, 0.25) is 5.91 Å². The Hall–Kier alpha value is -4.33. The van der Waals surface area contributed by atoms with E-state index in [1.54, 1.807) is 12.1 Å². The molecule has 0 radical (unpaired) electrons. The van der Waals surface area contributed by atoms with Crippen molar-refractivity contribution in [2.75, 3.05) is 6.61 Å². The summed E-state index contributed by atoms with van der Waals surface area (Å²) in [5, 5.41) is 23.8. The fourth-order valence-electron chi connectivity index (χ4n) is 4.25. The van der Waals surface area contributed by atoms with Crippen LogP contribution in [0.5, 0.6) is 5.75 Å². The summed E-state index contributed by atoms with van der Waals surface area (Å²) in [5.74, 6) is -1.91. The first kappa shape index (κ1) is 23.8. The molecule has 1 unspecified atom stereocenters. The molecule has 4 rings (SSSR count). The van der Waals surface area contributed by atoms with Gasteiger partial charge in [0, 0.05) is 12.3 Å². The molecular formula is C27H26N2O6. The van der Waals surface area contributed by atoms with Crippen LogP contribution < -0.4 is 10.6 Å². The number of carboxylic acid groups (broad SMARTS) is 1. The third-order valence-electron chi connectivity index (χ3n) is 6.06. The number of hydrogen-bond donors (Lipinski definition) is 4. The molecule has 0 spiro atoms. The number of benzene rings is 3. The Bertz CT molecular complexity index is 1190. The zero-order valence-corrected chi connectivity index (χ0v) is 19.1. The van der Waals surface area contributed by atoms with Crippen LogP contribution in [0.2, 0.25) is 0 Å². The van der Waals surface area contributed by atoms with Crippen LogP contribution in [0.1, 0.15) is 29.5 Å². The van der Waals surface area contributed by atoms with Gasteiger partial charge in [0.05, 0.1) is 0 Å². The van der Waals surface area contributed by atoms with E-state index < -0.39 is 30.1 Å². The maximum absolute atomic E-state index is 12.5. The summed E-state index contributed by atoms with van der Waals surface area (Å²) in [4.78, 5) is 36.6. The molecule has 0 aromatic heterocycles. The Morgan fingerprint density at radius 3 is 2.03 bits per heavy atom. The first-order valence-electron chi connectivity index (χ1n) is 11.3. The van der Waals surface area contributed by atoms with Gasteiger partial charge in [-0.1, -0.05) is 60.7 Å². The molecule has 4 N–H and O–H groups in total. The number of fused-ring (bicyclic) bond motifs is 3. The molecule has 3 aromatic rings. The summed E-state index contributed by atoms with van der Waals surface area (Å²) in [6.45, 7) is 1.56. The molecule has 8 heteroatoms. The van der Waals surface area contributed by atoms with E-state index in [2.05, 4.69) is 10.6 Å². The molecular weight excluding hydrogens is 448 g/mol. The van der Waals surface area contributed by atoms with Crippen molar-refractivity contribution in [3.8, 4) is 16.9 Å². The van der Waals surface area contributed by atoms with Crippen LogP contribution in [0.4, 0.5) is 4.79 Å². The second kappa shape index (κ2) is 10.3. The van der Waals surface area contributed by atoms with Gasteiger partial charge in [-0.25, -0.2) is 9.59 Å². The number of carbonyl (C=O) groups is 3. The number of amides is 2. The van der Waals surface area contributed by atoms with Gasteiger partial charge in [-0.15, -0.1) is 0 Å². The van der Waals surface area contributed by atoms with Crippen molar-refractivity contribution in [2.45, 2.75) is 31.3 Å². The molecule has 0 saturated carbocycles. The number of phenolic OH excluding ortho intramolecular Hbond substituents is 1. The average Bonchev–Trinajstić information content (AvgIpc) is 3.17. The molecule has 1 aliphatic rings. The third-order valence-corrected chi connectivity index (χ3v) is 6.06. The molecule has 0 saturated heterocycles. The van der Waals surface area contributed by atoms with Gasteiger partial charge in [0.15, 0.2) is 0 Å². The number of carboxylic acids is 1. The van der Waals surface area contributed by atoms with Crippen molar-refractivity contribution in [1.82, 2.24) is 10.6 Å². The van der Waals surface area contributed by atoms with Crippen LogP contribution in [-0.4, -0.2) is 46.9 Å². The Morgan fingerprint density at radius 2 is 1.46 bits per heavy atom. The lowest BCUT2D eigenvalue weighted by atomic mass is 9.98. The molecule has 2 amide bonds. The van der Waals surface area contributed by atoms with Gasteiger partial charge in [-0.05, 0) is 46.9 Å². The van der Waals surface area contributed by atoms with Crippen LogP contribution in [0.3, 0.4) is 0 Å². The van der Waals surface area contributed by atoms with Crippen molar-refractivity contribution in [3.63, 3.8) is 0 Å². The van der Waals surface area contributed by atoms with Gasteiger partial charge < -0.3 is 25.6 Å². The molecule has 0 aliphatic heterocycles. The molecule has 0 bridgehead atoms. The van der Waals surface area contributed by atoms with Crippen LogP contribution in [-0.2, 0) is 20.7 Å². The van der Waals surface area contributed by atoms with Crippen molar-refractivity contribution < 1.29 is 29.3 Å². The highest BCUT2D eigenvalue weighted by atomic mass is 16.5. The molecule has 8 nitrogen and oxygen atoms in total. The maximum atomic E-state index is 12.5. The normalized spacial score (nSPS) is 13.7. The largest absolute Gasteiger partial charge is 0.508 e. The van der Waals surface area contributed by atoms with Crippen LogP contribution in [0, 0.1) is 0 Å². The second-order valence-corrected chi connectivity index (χ2v) is 8.46. The van der Waals surface area contributed by atoms with E-state index >= 15 is 0 Å². The minimum absolute atomic E-state index is 0.0268. The first-order chi connectivity index (χ1) is 16.8. The molecule has 1 aliphatic carbocycles. The zero-order valence-electron chi connectivity index (χ0n) is 19.1. The molecule has 3 aromatic carbocycles. The highest BCUT2D eigenvalue weighted by Gasteiger charge is 2.30. The molecule has 180 valence electrons. The minimum Gasteiger partial charge on any atom is -0.508 e. The van der Waals surface area contributed by atoms with Crippen molar-refractivity contribution in [1.29, 1.82) is 0 Å². The Balaban J connectivity index is 1.33. The van der Waals surface area contributed by atoms with E-state index in [1.807, 2.05) is 48.5 Å². The lowest BCUT2D eigenvalue weighted by Gasteiger charge is -2.19. The standard InChI is InChI=1S/C27H26N2O6/c1-16(25(31)29-24(26(32)33)14-17-10-12-18(30)13-11-17)28-27(34)35-15-23-21-8-4-2-6-19(21)20-7-3-5-9-22(20)23/h2-13,16,23-24,30H,14-15H2,1H3,(H,28,34)(H,29,31)(H,32,33)/t16-,24?/m1/s1. The van der Waals surface area contributed by atoms with Gasteiger partial charge in [0.25, 0.3) is 0 Å². The van der Waals surface area contributed by atoms with E-state index in [-0.39, 0.29) is 24.7 Å². The summed E-state index contributed by atoms with van der Waals surface area (Å²) in [5.41, 5.74) is 5.00. The molecule has 2 atom stereocenters. The van der Waals surface area contributed by atoms with Crippen LogP contribution in [0.15, 0.2) is 72.8 Å². The monoisotopic (exact) mass is 474 g/mol. The van der Waals surface area contributed by atoms with Gasteiger partial charge >= 0.3 is 12.1 Å². The maximum Gasteiger partial charge on any atom is 0.407 e. The van der Waals surface area contributed by atoms with E-state index in [1.165, 1.54) is 19.1 Å². The number of aromatic hydroxyl groups is 1. The summed E-state index contributed by atoms with van der Waals surface area (Å²) in [6, 6.07) is 19.8. The topological polar surface area (TPSA) is 125 Å². The van der Waals surface area contributed by atoms with E-state index in [9.17, 15) is 24.6 Å². The van der Waals surface area contributed by atoms with E-state index in [0.29, 0.717) is 5.56 Å². The molecule has 0 heterocycles. The van der Waals surface area contributed by atoms with Crippen molar-refractivity contribution in [2.24, 2.45) is 0 Å². The lowest BCUT2D eigenvalue weighted by Crippen LogP contribution is -2.51. The van der Waals surface area contributed by atoms with Gasteiger partial charge in [-0.2, -0.15) is 0 Å². The predicted octanol–water partition coefficient (Wildman–Crippen LogP) is 3.43. The fraction of sp³-hybridized carbons (Fsp3) is 0.222. The number of phenols is 1. The smallest absolute Gasteiger partial charge is 0.407 e. The Labute approximate surface area is 202 Å². The zero-order chi connectivity index (χ0) is 24.9. The van der Waals surface area contributed by atoms with Gasteiger partial charge in [0.1, 0.15) is 24.4 Å². The Morgan fingerprint density at radius 1 is 0.886 bits per heavy atom. The lowest BCUT2D eigenvalue weighted by molar-refractivity contribution is -0.142. The number of carbonyl (C=O) groups excluding carboxylic acids is 2. The fourth-order valence-corrected chi connectivity index (χ4v) is 4.25. The number of ether oxygens (including phenoxy) is 1. The number of hydrogen-bond acceptors (Lipinski definition) is 5. The van der Waals surface area contributed by atoms with E-state index in [0.717, 1.165) is 22.3 Å². The SMILES string of the molecule is C[C@@H](NC(=O)OCC1c2ccccc2-c2ccccc21)C(=O)NC(Cc1ccc(O)cc1)C(=O)O. The van der Waals surface area contributed by atoms with Gasteiger partial charge in [-0.3, -0.25) is 4.79 Å². The van der Waals surface area contributed by atoms with Crippen molar-refractivity contribution >= 4 is 18.0 Å². The summed E-state index contributed by atoms with van der Waals surface area (Å²) < 4.78 is 5.45. The second-order valence-electron chi connectivity index (χ2n) is 8.46. The predicted molar refractivity (Wildman–Crippen MR) is 129 cm³/mol. The summed E-state index contributed by atoms with van der Waals surface area (Å²) in [6.07, 6.45) is -0.737. The highest BCUT2D eigenvalue weighted by Crippen LogP contribution is 2.44. The average molecular weight is 475 g/mol. The molecule has 35 heavy (non-hydrogen) atoms. The van der Waals surface area contributed by atoms with Crippen molar-refractivity contribution in [3.05, 3.63) is 89.5 Å². The number of alkyl carbamates (subject to hydrolysis) is 1. The number of nitrogens with one attached hydrogen (secondary N) is 2.